The van der Waals surface area contributed by atoms with Gasteiger partial charge in [0.25, 0.3) is 6.43 Å². The van der Waals surface area contributed by atoms with Gasteiger partial charge in [0.05, 0.1) is 37.1 Å². The van der Waals surface area contributed by atoms with E-state index in [0.717, 1.165) is 62.4 Å². The summed E-state index contributed by atoms with van der Waals surface area (Å²) in [6, 6.07) is 2.37. The highest BCUT2D eigenvalue weighted by atomic mass is 19.3. The largest absolute Gasteiger partial charge is 0.368 e. The van der Waals surface area contributed by atoms with Crippen molar-refractivity contribution >= 4 is 17.4 Å². The van der Waals surface area contributed by atoms with Gasteiger partial charge in [-0.15, -0.1) is 0 Å². The SMILES string of the molecule is C=CC(=O)N1CCN(C2CN(c3cc(N4CC5(C4)OCC4(CC4)n4ncc(C)c45)nc(C(F)F)c3CCC)C2)CC1.CC. The van der Waals surface area contributed by atoms with E-state index >= 15 is 0 Å². The Morgan fingerprint density at radius 3 is 2.47 bits per heavy atom. The van der Waals surface area contributed by atoms with Gasteiger partial charge >= 0.3 is 0 Å². The molecule has 0 N–H and O–H groups in total. The lowest BCUT2D eigenvalue weighted by molar-refractivity contribution is -0.128. The monoisotopic (exact) mass is 597 g/mol. The molecule has 0 unspecified atom stereocenters. The average Bonchev–Trinajstić information content (AvgIpc) is 3.65. The minimum atomic E-state index is -2.64. The fourth-order valence-electron chi connectivity index (χ4n) is 7.23. The molecule has 1 amide bonds. The Morgan fingerprint density at radius 2 is 1.86 bits per heavy atom. The number of aryl methyl sites for hydroxylation is 1. The second-order valence-electron chi connectivity index (χ2n) is 12.5. The van der Waals surface area contributed by atoms with Crippen LogP contribution in [0.25, 0.3) is 0 Å². The highest BCUT2D eigenvalue weighted by Gasteiger charge is 2.60. The predicted molar refractivity (Wildman–Crippen MR) is 163 cm³/mol. The fourth-order valence-corrected chi connectivity index (χ4v) is 7.23. The van der Waals surface area contributed by atoms with Crippen LogP contribution in [0, 0.1) is 6.92 Å². The summed E-state index contributed by atoms with van der Waals surface area (Å²) < 4.78 is 37.6. The number of ether oxygens (including phenoxy) is 1. The zero-order chi connectivity index (χ0) is 30.5. The molecule has 0 bridgehead atoms. The van der Waals surface area contributed by atoms with Crippen LogP contribution in [0.15, 0.2) is 24.9 Å². The number of rotatable bonds is 7. The third-order valence-electron chi connectivity index (χ3n) is 9.84. The van der Waals surface area contributed by atoms with Crippen molar-refractivity contribution in [1.29, 1.82) is 0 Å². The Morgan fingerprint density at radius 1 is 1.16 bits per heavy atom. The van der Waals surface area contributed by atoms with E-state index in [1.54, 1.807) is 0 Å². The van der Waals surface area contributed by atoms with Crippen molar-refractivity contribution in [3.63, 3.8) is 0 Å². The zero-order valence-electron chi connectivity index (χ0n) is 26.0. The lowest BCUT2D eigenvalue weighted by Crippen LogP contribution is -2.65. The Labute approximate surface area is 253 Å². The molecular formula is C32H45F2N7O2. The molecule has 43 heavy (non-hydrogen) atoms. The number of alkyl halides is 2. The zero-order valence-corrected chi connectivity index (χ0v) is 26.0. The summed E-state index contributed by atoms with van der Waals surface area (Å²) in [4.78, 5) is 25.1. The maximum atomic E-state index is 14.4. The molecule has 5 aliphatic rings. The Bertz CT molecular complexity index is 1350. The maximum absolute atomic E-state index is 14.4. The molecule has 0 atom stereocenters. The molecule has 2 aromatic heterocycles. The molecule has 2 aromatic rings. The van der Waals surface area contributed by atoms with Crippen molar-refractivity contribution < 1.29 is 18.3 Å². The molecule has 234 valence electrons. The summed E-state index contributed by atoms with van der Waals surface area (Å²) >= 11 is 0. The number of halogens is 2. The molecule has 0 radical (unpaired) electrons. The summed E-state index contributed by atoms with van der Waals surface area (Å²) in [6.45, 7) is 18.1. The lowest BCUT2D eigenvalue weighted by atomic mass is 9.85. The van der Waals surface area contributed by atoms with Gasteiger partial charge in [0.2, 0.25) is 5.91 Å². The highest BCUT2D eigenvalue weighted by Crippen LogP contribution is 2.53. The lowest BCUT2D eigenvalue weighted by Gasteiger charge is -2.54. The molecule has 1 saturated carbocycles. The number of hydrogen-bond donors (Lipinski definition) is 0. The van der Waals surface area contributed by atoms with Gasteiger partial charge in [-0.1, -0.05) is 33.8 Å². The van der Waals surface area contributed by atoms with Crippen molar-refractivity contribution in [3.05, 3.63) is 47.4 Å². The van der Waals surface area contributed by atoms with Gasteiger partial charge in [0.15, 0.2) is 0 Å². The first kappa shape index (κ1) is 30.0. The topological polar surface area (TPSA) is 70.0 Å². The van der Waals surface area contributed by atoms with Gasteiger partial charge in [0, 0.05) is 62.6 Å². The van der Waals surface area contributed by atoms with Crippen LogP contribution in [0.3, 0.4) is 0 Å². The van der Waals surface area contributed by atoms with Crippen molar-refractivity contribution in [2.45, 2.75) is 77.0 Å². The fraction of sp³-hybridized carbons (Fsp3) is 0.656. The van der Waals surface area contributed by atoms with Crippen LogP contribution in [0.5, 0.6) is 0 Å². The van der Waals surface area contributed by atoms with E-state index in [2.05, 4.69) is 37.9 Å². The molecule has 9 nitrogen and oxygen atoms in total. The number of piperazine rings is 1. The third-order valence-corrected chi connectivity index (χ3v) is 9.84. The first-order valence-electron chi connectivity index (χ1n) is 15.9. The average molecular weight is 598 g/mol. The number of carbonyl (C=O) groups excluding carboxylic acids is 1. The molecule has 11 heteroatoms. The maximum Gasteiger partial charge on any atom is 0.280 e. The van der Waals surface area contributed by atoms with Gasteiger partial charge in [-0.05, 0) is 37.8 Å². The molecule has 0 aromatic carbocycles. The molecule has 2 spiro atoms. The number of pyridine rings is 1. The molecule has 4 fully saturated rings. The standard InChI is InChI=1S/C30H39F2N7O2.C2H6/c1-4-6-22-23(37-15-21(16-37)35-9-11-36(12-10-35)25(40)5-2)13-24(34-26(22)28(31)32)38-17-30(18-38)27-20(3)14-33-39(27)29(7-8-29)19-41-30;1-2/h5,13-14,21,28H,2,4,6-12,15-19H2,1,3H3;1-2H3. The van der Waals surface area contributed by atoms with E-state index < -0.39 is 12.0 Å². The normalized spacial score (nSPS) is 22.2. The van der Waals surface area contributed by atoms with E-state index in [0.29, 0.717) is 56.6 Å². The van der Waals surface area contributed by atoms with E-state index in [9.17, 15) is 13.6 Å². The summed E-state index contributed by atoms with van der Waals surface area (Å²) in [6.07, 6.45) is 4.18. The summed E-state index contributed by atoms with van der Waals surface area (Å²) in [5.41, 5.74) is 3.25. The second-order valence-corrected chi connectivity index (χ2v) is 12.5. The molecule has 6 heterocycles. The van der Waals surface area contributed by atoms with E-state index in [-0.39, 0.29) is 17.1 Å². The molecule has 7 rings (SSSR count). The number of amides is 1. The van der Waals surface area contributed by atoms with E-state index in [4.69, 9.17) is 9.84 Å². The molecule has 4 aliphatic heterocycles. The quantitative estimate of drug-likeness (QED) is 0.442. The first-order chi connectivity index (χ1) is 20.8. The summed E-state index contributed by atoms with van der Waals surface area (Å²) in [5, 5.41) is 4.70. The summed E-state index contributed by atoms with van der Waals surface area (Å²) in [5.74, 6) is 0.575. The first-order valence-corrected chi connectivity index (χ1v) is 15.9. The number of nitrogens with zero attached hydrogens (tertiary/aromatic N) is 7. The van der Waals surface area contributed by atoms with Crippen LogP contribution in [-0.2, 0) is 27.1 Å². The van der Waals surface area contributed by atoms with Gasteiger partial charge in [0.1, 0.15) is 17.1 Å². The van der Waals surface area contributed by atoms with Crippen molar-refractivity contribution in [3.8, 4) is 0 Å². The smallest absolute Gasteiger partial charge is 0.280 e. The Hall–Kier alpha value is -3.05. The van der Waals surface area contributed by atoms with Crippen LogP contribution in [-0.4, -0.2) is 95.5 Å². The van der Waals surface area contributed by atoms with E-state index in [1.807, 2.05) is 37.9 Å². The molecular weight excluding hydrogens is 552 g/mol. The Kier molecular flexibility index (Phi) is 8.00. The van der Waals surface area contributed by atoms with Crippen LogP contribution in [0.1, 0.15) is 69.0 Å². The third kappa shape index (κ3) is 5.02. The number of anilines is 2. The van der Waals surface area contributed by atoms with Gasteiger partial charge in [-0.3, -0.25) is 14.4 Å². The second kappa shape index (κ2) is 11.5. The molecule has 3 saturated heterocycles. The van der Waals surface area contributed by atoms with E-state index in [1.165, 1.54) is 6.08 Å². The van der Waals surface area contributed by atoms with Crippen molar-refractivity contribution in [2.75, 3.05) is 68.8 Å². The number of hydrogen-bond acceptors (Lipinski definition) is 7. The number of fused-ring (bicyclic) bond motifs is 3. The highest BCUT2D eigenvalue weighted by molar-refractivity contribution is 5.87. The van der Waals surface area contributed by atoms with Gasteiger partial charge < -0.3 is 19.4 Å². The molecule has 1 aliphatic carbocycles. The summed E-state index contributed by atoms with van der Waals surface area (Å²) in [7, 11) is 0. The van der Waals surface area contributed by atoms with Crippen LogP contribution in [0.2, 0.25) is 0 Å². The van der Waals surface area contributed by atoms with Crippen LogP contribution >= 0.6 is 0 Å². The Balaban J connectivity index is 0.00000161. The number of carbonyl (C=O) groups is 1. The number of aromatic nitrogens is 3. The predicted octanol–water partition coefficient (Wildman–Crippen LogP) is 4.26. The van der Waals surface area contributed by atoms with Crippen molar-refractivity contribution in [2.24, 2.45) is 0 Å². The minimum absolute atomic E-state index is 0.00714. The van der Waals surface area contributed by atoms with Gasteiger partial charge in [-0.2, -0.15) is 5.10 Å². The van der Waals surface area contributed by atoms with Crippen LogP contribution in [0.4, 0.5) is 20.3 Å². The minimum Gasteiger partial charge on any atom is -0.368 e. The van der Waals surface area contributed by atoms with Gasteiger partial charge in [-0.25, -0.2) is 13.8 Å². The van der Waals surface area contributed by atoms with Crippen LogP contribution < -0.4 is 9.80 Å². The van der Waals surface area contributed by atoms with Crippen molar-refractivity contribution in [1.82, 2.24) is 24.6 Å².